The van der Waals surface area contributed by atoms with Crippen molar-refractivity contribution in [2.45, 2.75) is 39.1 Å². The third-order valence-electron chi connectivity index (χ3n) is 3.60. The summed E-state index contributed by atoms with van der Waals surface area (Å²) in [6.45, 7) is 8.81. The molecule has 0 bridgehead atoms. The van der Waals surface area contributed by atoms with Crippen LogP contribution in [0.2, 0.25) is 0 Å². The van der Waals surface area contributed by atoms with Crippen molar-refractivity contribution in [3.05, 3.63) is 34.9 Å². The lowest BCUT2D eigenvalue weighted by atomic mass is 10.1. The molecule has 1 amide bonds. The molecule has 0 radical (unpaired) electrons. The Morgan fingerprint density at radius 3 is 2.90 bits per heavy atom. The summed E-state index contributed by atoms with van der Waals surface area (Å²) in [5.74, 6) is -0.408. The van der Waals surface area contributed by atoms with Crippen molar-refractivity contribution in [3.63, 3.8) is 0 Å². The van der Waals surface area contributed by atoms with Crippen molar-refractivity contribution in [2.24, 2.45) is 5.73 Å². The van der Waals surface area contributed by atoms with E-state index in [0.717, 1.165) is 24.2 Å². The van der Waals surface area contributed by atoms with Crippen molar-refractivity contribution in [2.75, 3.05) is 19.7 Å². The van der Waals surface area contributed by atoms with E-state index in [-0.39, 0.29) is 11.7 Å². The van der Waals surface area contributed by atoms with Crippen LogP contribution in [-0.4, -0.2) is 37.3 Å². The van der Waals surface area contributed by atoms with E-state index in [4.69, 9.17) is 15.2 Å². The zero-order valence-corrected chi connectivity index (χ0v) is 12.9. The first-order valence-corrected chi connectivity index (χ1v) is 7.23. The molecule has 0 aromatic heterocycles. The van der Waals surface area contributed by atoms with Crippen molar-refractivity contribution < 1.29 is 14.3 Å². The molecule has 1 aliphatic rings. The number of aryl methyl sites for hydroxylation is 1. The van der Waals surface area contributed by atoms with Gasteiger partial charge in [0.25, 0.3) is 0 Å². The minimum atomic E-state index is -0.408. The van der Waals surface area contributed by atoms with E-state index in [1.807, 2.05) is 13.0 Å². The first-order valence-electron chi connectivity index (χ1n) is 7.23. The van der Waals surface area contributed by atoms with Crippen LogP contribution < -0.4 is 11.1 Å². The molecule has 3 N–H and O–H groups in total. The number of carbonyl (C=O) groups is 1. The normalized spacial score (nSPS) is 21.2. The topological polar surface area (TPSA) is 73.6 Å². The first-order chi connectivity index (χ1) is 9.87. The molecule has 1 atom stereocenters. The minimum absolute atomic E-state index is 0.0685. The summed E-state index contributed by atoms with van der Waals surface area (Å²) >= 11 is 0. The van der Waals surface area contributed by atoms with E-state index in [2.05, 4.69) is 19.2 Å². The lowest BCUT2D eigenvalue weighted by Crippen LogP contribution is -2.51. The number of morpholine rings is 1. The van der Waals surface area contributed by atoms with Crippen LogP contribution in [0.15, 0.2) is 18.2 Å². The number of nitrogens with two attached hydrogens (primary N) is 1. The first kappa shape index (κ1) is 15.9. The molecule has 116 valence electrons. The van der Waals surface area contributed by atoms with E-state index in [9.17, 15) is 4.79 Å². The minimum Gasteiger partial charge on any atom is -0.374 e. The summed E-state index contributed by atoms with van der Waals surface area (Å²) in [7, 11) is 0. The predicted molar refractivity (Wildman–Crippen MR) is 81.2 cm³/mol. The van der Waals surface area contributed by atoms with Crippen LogP contribution >= 0.6 is 0 Å². The number of rotatable bonds is 5. The van der Waals surface area contributed by atoms with Gasteiger partial charge in [-0.05, 0) is 44.0 Å². The quantitative estimate of drug-likeness (QED) is 0.860. The third-order valence-corrected chi connectivity index (χ3v) is 3.60. The summed E-state index contributed by atoms with van der Waals surface area (Å²) < 4.78 is 11.7. The Kier molecular flexibility index (Phi) is 4.98. The molecule has 0 aliphatic carbocycles. The van der Waals surface area contributed by atoms with Gasteiger partial charge in [-0.2, -0.15) is 0 Å². The highest BCUT2D eigenvalue weighted by Crippen LogP contribution is 2.17. The Hall–Kier alpha value is -1.43. The number of hydrogen-bond acceptors (Lipinski definition) is 4. The average molecular weight is 292 g/mol. The van der Waals surface area contributed by atoms with E-state index in [1.54, 1.807) is 12.1 Å². The number of benzene rings is 1. The number of hydrogen-bond donors (Lipinski definition) is 2. The molecule has 1 aromatic rings. The predicted octanol–water partition coefficient (Wildman–Crippen LogP) is 1.38. The van der Waals surface area contributed by atoms with E-state index >= 15 is 0 Å². The number of ether oxygens (including phenoxy) is 2. The van der Waals surface area contributed by atoms with E-state index < -0.39 is 5.91 Å². The number of nitrogens with one attached hydrogen (secondary N) is 1. The smallest absolute Gasteiger partial charge is 0.248 e. The van der Waals surface area contributed by atoms with Crippen molar-refractivity contribution in [3.8, 4) is 0 Å². The van der Waals surface area contributed by atoms with Crippen LogP contribution in [-0.2, 0) is 16.1 Å². The SMILES string of the molecule is Cc1cc(C(N)=O)ccc1COCC1CNCC(C)(C)O1. The second-order valence-corrected chi connectivity index (χ2v) is 6.15. The Morgan fingerprint density at radius 2 is 2.29 bits per heavy atom. The standard InChI is InChI=1S/C16H24N2O3/c1-11-6-12(15(17)19)4-5-13(11)8-20-9-14-7-18-10-16(2,3)21-14/h4-6,14,18H,7-10H2,1-3H3,(H2,17,19). The monoisotopic (exact) mass is 292 g/mol. The van der Waals surface area contributed by atoms with Crippen molar-refractivity contribution in [1.29, 1.82) is 0 Å². The lowest BCUT2D eigenvalue weighted by Gasteiger charge is -2.36. The molecule has 21 heavy (non-hydrogen) atoms. The number of carbonyl (C=O) groups excluding carboxylic acids is 1. The zero-order chi connectivity index (χ0) is 15.5. The Balaban J connectivity index is 1.85. The molecule has 1 aliphatic heterocycles. The molecule has 1 aromatic carbocycles. The van der Waals surface area contributed by atoms with Crippen molar-refractivity contribution in [1.82, 2.24) is 5.32 Å². The highest BCUT2D eigenvalue weighted by Gasteiger charge is 2.28. The summed E-state index contributed by atoms with van der Waals surface area (Å²) in [6.07, 6.45) is 0.0685. The highest BCUT2D eigenvalue weighted by atomic mass is 16.5. The van der Waals surface area contributed by atoms with Crippen LogP contribution in [0.25, 0.3) is 0 Å². The molecule has 1 unspecified atom stereocenters. The van der Waals surface area contributed by atoms with Crippen LogP contribution in [0.3, 0.4) is 0 Å². The summed E-state index contributed by atoms with van der Waals surface area (Å²) in [6, 6.07) is 5.41. The van der Waals surface area contributed by atoms with Gasteiger partial charge in [-0.3, -0.25) is 4.79 Å². The third kappa shape index (κ3) is 4.52. The molecular formula is C16H24N2O3. The fourth-order valence-corrected chi connectivity index (χ4v) is 2.47. The number of amides is 1. The Morgan fingerprint density at radius 1 is 1.52 bits per heavy atom. The van der Waals surface area contributed by atoms with Crippen molar-refractivity contribution >= 4 is 5.91 Å². The van der Waals surface area contributed by atoms with Gasteiger partial charge in [0.05, 0.1) is 24.9 Å². The highest BCUT2D eigenvalue weighted by molar-refractivity contribution is 5.93. The van der Waals surface area contributed by atoms with Gasteiger partial charge in [-0.25, -0.2) is 0 Å². The van der Waals surface area contributed by atoms with Crippen LogP contribution in [0.5, 0.6) is 0 Å². The Labute approximate surface area is 125 Å². The zero-order valence-electron chi connectivity index (χ0n) is 12.9. The fraction of sp³-hybridized carbons (Fsp3) is 0.562. The molecule has 2 rings (SSSR count). The van der Waals surface area contributed by atoms with Gasteiger partial charge in [0.2, 0.25) is 5.91 Å². The lowest BCUT2D eigenvalue weighted by molar-refractivity contribution is -0.122. The molecule has 1 fully saturated rings. The summed E-state index contributed by atoms with van der Waals surface area (Å²) in [5.41, 5.74) is 7.71. The second-order valence-electron chi connectivity index (χ2n) is 6.15. The molecule has 1 heterocycles. The fourth-order valence-electron chi connectivity index (χ4n) is 2.47. The molecule has 5 nitrogen and oxygen atoms in total. The van der Waals surface area contributed by atoms with E-state index in [0.29, 0.717) is 18.8 Å². The molecule has 5 heteroatoms. The van der Waals surface area contributed by atoms with Gasteiger partial charge in [0.1, 0.15) is 0 Å². The molecule has 0 saturated carbocycles. The van der Waals surface area contributed by atoms with Gasteiger partial charge in [-0.15, -0.1) is 0 Å². The Bertz CT molecular complexity index is 514. The van der Waals surface area contributed by atoms with E-state index in [1.165, 1.54) is 0 Å². The summed E-state index contributed by atoms with van der Waals surface area (Å²) in [5, 5.41) is 3.35. The van der Waals surface area contributed by atoms with Gasteiger partial charge in [0.15, 0.2) is 0 Å². The van der Waals surface area contributed by atoms with Crippen LogP contribution in [0.1, 0.15) is 35.3 Å². The largest absolute Gasteiger partial charge is 0.374 e. The average Bonchev–Trinajstić information content (AvgIpc) is 2.39. The van der Waals surface area contributed by atoms with Gasteiger partial charge in [0, 0.05) is 18.7 Å². The molecule has 0 spiro atoms. The number of primary amides is 1. The second kappa shape index (κ2) is 6.56. The maximum Gasteiger partial charge on any atom is 0.248 e. The molecular weight excluding hydrogens is 268 g/mol. The summed E-state index contributed by atoms with van der Waals surface area (Å²) in [4.78, 5) is 11.1. The maximum absolute atomic E-state index is 11.1. The van der Waals surface area contributed by atoms with Gasteiger partial charge < -0.3 is 20.5 Å². The van der Waals surface area contributed by atoms with Gasteiger partial charge >= 0.3 is 0 Å². The van der Waals surface area contributed by atoms with Crippen LogP contribution in [0.4, 0.5) is 0 Å². The maximum atomic E-state index is 11.1. The molecule has 1 saturated heterocycles. The van der Waals surface area contributed by atoms with Gasteiger partial charge in [-0.1, -0.05) is 6.07 Å². The van der Waals surface area contributed by atoms with Crippen LogP contribution in [0, 0.1) is 6.92 Å².